The summed E-state index contributed by atoms with van der Waals surface area (Å²) in [6.07, 6.45) is 2.07. The zero-order chi connectivity index (χ0) is 7.84. The normalized spacial score (nSPS) is 13.5. The smallest absolute Gasteiger partial charge is 0.258 e. The summed E-state index contributed by atoms with van der Waals surface area (Å²) in [5.74, 6) is 0. The summed E-state index contributed by atoms with van der Waals surface area (Å²) in [7, 11) is 0. The second kappa shape index (κ2) is 2.05. The molecular weight excluding hydrogens is 142 g/mol. The van der Waals surface area contributed by atoms with Gasteiger partial charge in [-0.2, -0.15) is 0 Å². The zero-order valence-corrected chi connectivity index (χ0v) is 5.91. The summed E-state index contributed by atoms with van der Waals surface area (Å²) in [6, 6.07) is 5.08. The summed E-state index contributed by atoms with van der Waals surface area (Å²) < 4.78 is 0. The third-order valence-electron chi connectivity index (χ3n) is 2.06. The van der Waals surface area contributed by atoms with Gasteiger partial charge in [0.15, 0.2) is 0 Å². The Balaban J connectivity index is 2.46. The van der Waals surface area contributed by atoms with Crippen molar-refractivity contribution < 1.29 is 4.92 Å². The Kier molecular flexibility index (Phi) is 1.18. The molecule has 0 aromatic heterocycles. The maximum absolute atomic E-state index is 10.3. The molecule has 0 bridgehead atoms. The molecule has 1 aliphatic rings. The van der Waals surface area contributed by atoms with Crippen molar-refractivity contribution in [2.24, 2.45) is 0 Å². The van der Waals surface area contributed by atoms with E-state index >= 15 is 0 Å². The van der Waals surface area contributed by atoms with Crippen molar-refractivity contribution in [2.75, 3.05) is 0 Å². The molecule has 0 saturated carbocycles. The van der Waals surface area contributed by atoms with Crippen LogP contribution in [0.3, 0.4) is 0 Å². The Morgan fingerprint density at radius 2 is 2.00 bits per heavy atom. The highest BCUT2D eigenvalue weighted by Crippen LogP contribution is 2.26. The van der Waals surface area contributed by atoms with Gasteiger partial charge in [-0.15, -0.1) is 0 Å². The van der Waals surface area contributed by atoms with Crippen LogP contribution in [-0.4, -0.2) is 4.92 Å². The van der Waals surface area contributed by atoms with Crippen molar-refractivity contribution in [1.29, 1.82) is 0 Å². The molecule has 3 nitrogen and oxygen atoms in total. The van der Waals surface area contributed by atoms with Gasteiger partial charge in [0.25, 0.3) is 5.69 Å². The van der Waals surface area contributed by atoms with Gasteiger partial charge in [-0.25, -0.2) is 0 Å². The highest BCUT2D eigenvalue weighted by atomic mass is 16.6. The molecule has 0 saturated heterocycles. The summed E-state index contributed by atoms with van der Waals surface area (Å²) in [4.78, 5) is 9.95. The molecule has 0 atom stereocenters. The van der Waals surface area contributed by atoms with Crippen molar-refractivity contribution in [3.63, 3.8) is 0 Å². The Bertz CT molecular complexity index is 320. The monoisotopic (exact) mass is 149 g/mol. The van der Waals surface area contributed by atoms with Crippen LogP contribution in [0.1, 0.15) is 11.1 Å². The minimum atomic E-state index is -0.349. The quantitative estimate of drug-likeness (QED) is 0.450. The third-order valence-corrected chi connectivity index (χ3v) is 2.06. The average Bonchev–Trinajstić information content (AvgIpc) is 1.91. The van der Waals surface area contributed by atoms with Crippen LogP contribution in [0, 0.1) is 10.1 Å². The number of fused-ring (bicyclic) bond motifs is 1. The van der Waals surface area contributed by atoms with Gasteiger partial charge in [-0.1, -0.05) is 6.07 Å². The predicted octanol–water partition coefficient (Wildman–Crippen LogP) is 1.69. The Labute approximate surface area is 63.8 Å². The molecule has 1 aromatic rings. The van der Waals surface area contributed by atoms with E-state index in [0.29, 0.717) is 0 Å². The number of hydrogen-bond acceptors (Lipinski definition) is 2. The molecular formula is C8H7NO2. The second-order valence-electron chi connectivity index (χ2n) is 2.71. The highest BCUT2D eigenvalue weighted by molar-refractivity contribution is 5.44. The summed E-state index contributed by atoms with van der Waals surface area (Å²) in [5.41, 5.74) is 2.61. The molecule has 0 aliphatic heterocycles. The first-order chi connectivity index (χ1) is 5.27. The van der Waals surface area contributed by atoms with Crippen molar-refractivity contribution in [1.82, 2.24) is 0 Å². The van der Waals surface area contributed by atoms with Crippen molar-refractivity contribution >= 4 is 5.69 Å². The molecule has 0 fully saturated rings. The number of nitrogens with zero attached hydrogens (tertiary/aromatic N) is 1. The average molecular weight is 149 g/mol. The van der Waals surface area contributed by atoms with Crippen LogP contribution in [0.4, 0.5) is 5.69 Å². The van der Waals surface area contributed by atoms with Gasteiger partial charge in [0.1, 0.15) is 0 Å². The van der Waals surface area contributed by atoms with Crippen LogP contribution >= 0.6 is 0 Å². The second-order valence-corrected chi connectivity index (χ2v) is 2.71. The fourth-order valence-electron chi connectivity index (χ4n) is 1.30. The standard InChI is InChI=1S/C8H7NO2/c10-9(11)8-4-3-6-1-2-7(6)5-8/h3-5H,1-2H2. The molecule has 3 heteroatoms. The maximum atomic E-state index is 10.3. The van der Waals surface area contributed by atoms with E-state index in [1.807, 2.05) is 6.07 Å². The molecule has 1 aromatic carbocycles. The molecule has 0 unspecified atom stereocenters. The summed E-state index contributed by atoms with van der Waals surface area (Å²) >= 11 is 0. The van der Waals surface area contributed by atoms with Crippen LogP contribution in [-0.2, 0) is 12.8 Å². The largest absolute Gasteiger partial charge is 0.269 e. The number of aryl methyl sites for hydroxylation is 2. The first-order valence-electron chi connectivity index (χ1n) is 3.53. The molecule has 0 heterocycles. The maximum Gasteiger partial charge on any atom is 0.269 e. The lowest BCUT2D eigenvalue weighted by atomic mass is 9.88. The topological polar surface area (TPSA) is 43.1 Å². The minimum absolute atomic E-state index is 0.212. The van der Waals surface area contributed by atoms with Gasteiger partial charge >= 0.3 is 0 Å². The van der Waals surface area contributed by atoms with E-state index in [1.165, 1.54) is 5.56 Å². The van der Waals surface area contributed by atoms with E-state index in [1.54, 1.807) is 12.1 Å². The molecule has 1 aliphatic carbocycles. The first kappa shape index (κ1) is 6.34. The Morgan fingerprint density at radius 3 is 2.45 bits per heavy atom. The third kappa shape index (κ3) is 0.888. The number of non-ortho nitro benzene ring substituents is 1. The van der Waals surface area contributed by atoms with Crippen LogP contribution in [0.15, 0.2) is 18.2 Å². The summed E-state index contributed by atoms with van der Waals surface area (Å²) in [6.45, 7) is 0. The molecule has 2 rings (SSSR count). The van der Waals surface area contributed by atoms with Gasteiger partial charge < -0.3 is 0 Å². The fourth-order valence-corrected chi connectivity index (χ4v) is 1.30. The number of hydrogen-bond donors (Lipinski definition) is 0. The molecule has 0 N–H and O–H groups in total. The lowest BCUT2D eigenvalue weighted by Gasteiger charge is -2.16. The Hall–Kier alpha value is -1.38. The predicted molar refractivity (Wildman–Crippen MR) is 40.5 cm³/mol. The zero-order valence-electron chi connectivity index (χ0n) is 5.91. The van der Waals surface area contributed by atoms with E-state index in [2.05, 4.69) is 0 Å². The van der Waals surface area contributed by atoms with Gasteiger partial charge in [0.05, 0.1) is 4.92 Å². The summed E-state index contributed by atoms with van der Waals surface area (Å²) in [5, 5.41) is 10.3. The van der Waals surface area contributed by atoms with Crippen molar-refractivity contribution in [2.45, 2.75) is 12.8 Å². The lowest BCUT2D eigenvalue weighted by molar-refractivity contribution is -0.385. The van der Waals surface area contributed by atoms with E-state index < -0.39 is 0 Å². The van der Waals surface area contributed by atoms with Crippen molar-refractivity contribution in [3.8, 4) is 0 Å². The van der Waals surface area contributed by atoms with Gasteiger partial charge in [0, 0.05) is 12.1 Å². The van der Waals surface area contributed by atoms with E-state index in [-0.39, 0.29) is 10.6 Å². The Morgan fingerprint density at radius 1 is 1.27 bits per heavy atom. The van der Waals surface area contributed by atoms with Crippen LogP contribution in [0.25, 0.3) is 0 Å². The molecule has 56 valence electrons. The van der Waals surface area contributed by atoms with Crippen LogP contribution in [0.2, 0.25) is 0 Å². The minimum Gasteiger partial charge on any atom is -0.258 e. The van der Waals surface area contributed by atoms with Crippen LogP contribution < -0.4 is 0 Å². The van der Waals surface area contributed by atoms with Gasteiger partial charge in [-0.3, -0.25) is 10.1 Å². The van der Waals surface area contributed by atoms with Crippen LogP contribution in [0.5, 0.6) is 0 Å². The molecule has 0 radical (unpaired) electrons. The lowest BCUT2D eigenvalue weighted by Crippen LogP contribution is -2.07. The number of benzene rings is 1. The van der Waals surface area contributed by atoms with Crippen molar-refractivity contribution in [3.05, 3.63) is 39.4 Å². The number of nitro benzene ring substituents is 1. The first-order valence-corrected chi connectivity index (χ1v) is 3.53. The number of nitro groups is 1. The molecule has 0 amide bonds. The van der Waals surface area contributed by atoms with E-state index in [4.69, 9.17) is 0 Å². The number of rotatable bonds is 1. The molecule has 11 heavy (non-hydrogen) atoms. The van der Waals surface area contributed by atoms with E-state index in [9.17, 15) is 10.1 Å². The highest BCUT2D eigenvalue weighted by Gasteiger charge is 2.16. The van der Waals surface area contributed by atoms with Gasteiger partial charge in [0.2, 0.25) is 0 Å². The van der Waals surface area contributed by atoms with E-state index in [0.717, 1.165) is 18.4 Å². The fraction of sp³-hybridized carbons (Fsp3) is 0.250. The van der Waals surface area contributed by atoms with Gasteiger partial charge in [-0.05, 0) is 24.0 Å². The SMILES string of the molecule is O=[N+]([O-])c1ccc2c(c1)CC2. The molecule has 0 spiro atoms.